The van der Waals surface area contributed by atoms with Gasteiger partial charge in [-0.25, -0.2) is 9.36 Å². The molecule has 0 saturated heterocycles. The summed E-state index contributed by atoms with van der Waals surface area (Å²) in [6.07, 6.45) is -1.60. The van der Waals surface area contributed by atoms with Crippen molar-refractivity contribution < 1.29 is 23.0 Å². The van der Waals surface area contributed by atoms with Gasteiger partial charge in [-0.2, -0.15) is 18.2 Å². The summed E-state index contributed by atoms with van der Waals surface area (Å²) in [5.74, 6) is -1.28. The minimum Gasteiger partial charge on any atom is -0.504 e. The Morgan fingerprint density at radius 3 is 2.70 bits per heavy atom. The molecule has 1 aliphatic heterocycles. The molecule has 3 heterocycles. The molecular weight excluding hydrogens is 441 g/mol. The van der Waals surface area contributed by atoms with Gasteiger partial charge in [0.25, 0.3) is 5.82 Å². The van der Waals surface area contributed by atoms with Crippen LogP contribution in [0.4, 0.5) is 19.1 Å². The van der Waals surface area contributed by atoms with Crippen molar-refractivity contribution in [3.63, 3.8) is 0 Å². The summed E-state index contributed by atoms with van der Waals surface area (Å²) in [6.45, 7) is 0. The van der Waals surface area contributed by atoms with Gasteiger partial charge < -0.3 is 15.2 Å². The molecule has 33 heavy (non-hydrogen) atoms. The van der Waals surface area contributed by atoms with E-state index < -0.39 is 18.0 Å². The predicted molar refractivity (Wildman–Crippen MR) is 109 cm³/mol. The van der Waals surface area contributed by atoms with E-state index in [0.29, 0.717) is 22.5 Å². The van der Waals surface area contributed by atoms with Gasteiger partial charge >= 0.3 is 6.18 Å². The third-order valence-electron chi connectivity index (χ3n) is 5.03. The number of anilines is 1. The molecule has 1 unspecified atom stereocenters. The zero-order valence-corrected chi connectivity index (χ0v) is 16.9. The van der Waals surface area contributed by atoms with Crippen molar-refractivity contribution in [3.05, 3.63) is 71.8 Å². The van der Waals surface area contributed by atoms with Crippen LogP contribution in [0.15, 0.2) is 54.9 Å². The van der Waals surface area contributed by atoms with Crippen molar-refractivity contribution in [1.82, 2.24) is 35.0 Å². The van der Waals surface area contributed by atoms with Crippen LogP contribution in [0.2, 0.25) is 0 Å². The summed E-state index contributed by atoms with van der Waals surface area (Å²) in [6, 6.07) is 10.9. The lowest BCUT2D eigenvalue weighted by molar-refractivity contribution is -0.145. The van der Waals surface area contributed by atoms with Gasteiger partial charge in [0.1, 0.15) is 12.4 Å². The maximum atomic E-state index is 13.3. The van der Waals surface area contributed by atoms with Crippen LogP contribution in [0.5, 0.6) is 11.5 Å². The van der Waals surface area contributed by atoms with E-state index in [1.807, 2.05) is 0 Å². The third-order valence-corrected chi connectivity index (χ3v) is 5.03. The molecule has 0 radical (unpaired) electrons. The highest BCUT2D eigenvalue weighted by Crippen LogP contribution is 2.38. The standard InChI is InChI=1S/C20H15F3N8O2/c1-33-17-6-5-12(8-16(17)32)15-9-14(25-19-26-18(20(21,22)23)27-31(15)19)11-3-2-4-13(7-11)30-10-24-28-29-30/h2-10,15,32H,1H3,(H,25,26,27). The normalized spacial score (nSPS) is 15.5. The number of methoxy groups -OCH3 is 1. The third kappa shape index (κ3) is 3.73. The van der Waals surface area contributed by atoms with E-state index >= 15 is 0 Å². The number of alkyl halides is 3. The van der Waals surface area contributed by atoms with Gasteiger partial charge in [0.05, 0.1) is 12.8 Å². The van der Waals surface area contributed by atoms with Crippen LogP contribution in [-0.2, 0) is 6.18 Å². The molecule has 1 aliphatic rings. The second kappa shape index (κ2) is 7.62. The van der Waals surface area contributed by atoms with Gasteiger partial charge in [0, 0.05) is 5.70 Å². The molecule has 0 amide bonds. The number of nitrogens with zero attached hydrogens (tertiary/aromatic N) is 7. The van der Waals surface area contributed by atoms with Crippen molar-refractivity contribution in [2.24, 2.45) is 0 Å². The Kier molecular flexibility index (Phi) is 4.73. The number of hydrogen-bond acceptors (Lipinski definition) is 8. The number of aromatic nitrogens is 7. The summed E-state index contributed by atoms with van der Waals surface area (Å²) in [7, 11) is 1.40. The second-order valence-electron chi connectivity index (χ2n) is 7.09. The van der Waals surface area contributed by atoms with Crippen LogP contribution in [0.3, 0.4) is 0 Å². The molecule has 0 saturated carbocycles. The van der Waals surface area contributed by atoms with Crippen molar-refractivity contribution in [3.8, 4) is 17.2 Å². The number of ether oxygens (including phenoxy) is 1. The lowest BCUT2D eigenvalue weighted by Crippen LogP contribution is -2.20. The number of allylic oxidation sites excluding steroid dienone is 1. The van der Waals surface area contributed by atoms with Gasteiger partial charge in [-0.05, 0) is 51.9 Å². The Bertz CT molecular complexity index is 1350. The molecule has 4 aromatic rings. The van der Waals surface area contributed by atoms with E-state index in [9.17, 15) is 18.3 Å². The molecule has 2 aromatic carbocycles. The zero-order valence-electron chi connectivity index (χ0n) is 16.9. The number of halogens is 3. The highest BCUT2D eigenvalue weighted by atomic mass is 19.4. The van der Waals surface area contributed by atoms with E-state index in [1.54, 1.807) is 36.4 Å². The zero-order chi connectivity index (χ0) is 23.2. The van der Waals surface area contributed by atoms with Gasteiger partial charge in [-0.3, -0.25) is 0 Å². The Labute approximate surface area is 183 Å². The Morgan fingerprint density at radius 2 is 2.00 bits per heavy atom. The number of phenols is 1. The first-order valence-corrected chi connectivity index (χ1v) is 9.57. The van der Waals surface area contributed by atoms with Crippen molar-refractivity contribution in [2.45, 2.75) is 12.2 Å². The topological polar surface area (TPSA) is 116 Å². The Hall–Kier alpha value is -4.42. The lowest BCUT2D eigenvalue weighted by Gasteiger charge is -2.24. The van der Waals surface area contributed by atoms with Gasteiger partial charge in [0.2, 0.25) is 5.95 Å². The molecular formula is C20H15F3N8O2. The highest BCUT2D eigenvalue weighted by molar-refractivity contribution is 5.78. The molecule has 1 atom stereocenters. The molecule has 10 nitrogen and oxygen atoms in total. The maximum Gasteiger partial charge on any atom is 0.453 e. The number of tetrazole rings is 1. The van der Waals surface area contributed by atoms with Crippen LogP contribution in [0.1, 0.15) is 23.0 Å². The van der Waals surface area contributed by atoms with E-state index in [-0.39, 0.29) is 17.4 Å². The summed E-state index contributed by atoms with van der Waals surface area (Å²) in [5, 5.41) is 27.9. The van der Waals surface area contributed by atoms with E-state index in [1.165, 1.54) is 30.3 Å². The number of phenolic OH excluding ortho intramolecular Hbond substituents is 1. The smallest absolute Gasteiger partial charge is 0.453 e. The van der Waals surface area contributed by atoms with Gasteiger partial charge in [0.15, 0.2) is 11.5 Å². The minimum absolute atomic E-state index is 0.0899. The summed E-state index contributed by atoms with van der Waals surface area (Å²) in [4.78, 5) is 3.65. The Morgan fingerprint density at radius 1 is 1.15 bits per heavy atom. The molecule has 0 spiro atoms. The molecule has 168 valence electrons. The number of fused-ring (bicyclic) bond motifs is 1. The van der Waals surface area contributed by atoms with E-state index in [0.717, 1.165) is 4.68 Å². The first kappa shape index (κ1) is 20.5. The van der Waals surface area contributed by atoms with Gasteiger partial charge in [-0.1, -0.05) is 18.2 Å². The van der Waals surface area contributed by atoms with E-state index in [2.05, 4.69) is 30.9 Å². The average Bonchev–Trinajstić information content (AvgIpc) is 3.48. The first-order chi connectivity index (χ1) is 15.8. The second-order valence-corrected chi connectivity index (χ2v) is 7.09. The fourth-order valence-corrected chi connectivity index (χ4v) is 3.51. The van der Waals surface area contributed by atoms with Crippen LogP contribution in [0.25, 0.3) is 11.4 Å². The summed E-state index contributed by atoms with van der Waals surface area (Å²) in [5.41, 5.74) is 2.30. The van der Waals surface area contributed by atoms with Crippen LogP contribution in [-0.4, -0.2) is 47.2 Å². The SMILES string of the molecule is COc1ccc(C2C=C(c3cccc(-n4cnnn4)c3)Nc3nc(C(F)(F)F)nn32)cc1O. The highest BCUT2D eigenvalue weighted by Gasteiger charge is 2.39. The first-order valence-electron chi connectivity index (χ1n) is 9.57. The van der Waals surface area contributed by atoms with Crippen molar-refractivity contribution in [1.29, 1.82) is 0 Å². The molecule has 2 N–H and O–H groups in total. The summed E-state index contributed by atoms with van der Waals surface area (Å²) >= 11 is 0. The monoisotopic (exact) mass is 456 g/mol. The number of nitrogens with one attached hydrogen (secondary N) is 1. The average molecular weight is 456 g/mol. The number of rotatable bonds is 4. The summed E-state index contributed by atoms with van der Waals surface area (Å²) < 4.78 is 47.6. The molecule has 2 aromatic heterocycles. The molecule has 5 rings (SSSR count). The minimum atomic E-state index is -4.72. The number of benzene rings is 2. The van der Waals surface area contributed by atoms with Crippen molar-refractivity contribution in [2.75, 3.05) is 12.4 Å². The molecule has 0 fully saturated rings. The predicted octanol–water partition coefficient (Wildman–Crippen LogP) is 3.04. The maximum absolute atomic E-state index is 13.3. The van der Waals surface area contributed by atoms with Crippen LogP contribution in [0, 0.1) is 0 Å². The van der Waals surface area contributed by atoms with Crippen LogP contribution >= 0.6 is 0 Å². The largest absolute Gasteiger partial charge is 0.504 e. The fraction of sp³-hybridized carbons (Fsp3) is 0.150. The quantitative estimate of drug-likeness (QED) is 0.482. The number of hydrogen-bond donors (Lipinski definition) is 2. The molecule has 0 aliphatic carbocycles. The molecule has 0 bridgehead atoms. The van der Waals surface area contributed by atoms with E-state index in [4.69, 9.17) is 4.74 Å². The molecule has 13 heteroatoms. The Balaban J connectivity index is 1.62. The number of aromatic hydroxyl groups is 1. The fourth-order valence-electron chi connectivity index (χ4n) is 3.51. The lowest BCUT2D eigenvalue weighted by atomic mass is 10.0. The van der Waals surface area contributed by atoms with Gasteiger partial charge in [-0.15, -0.1) is 10.2 Å². The van der Waals surface area contributed by atoms with Crippen molar-refractivity contribution >= 4 is 11.6 Å². The van der Waals surface area contributed by atoms with Crippen LogP contribution < -0.4 is 10.1 Å².